The van der Waals surface area contributed by atoms with E-state index in [2.05, 4.69) is 0 Å². The van der Waals surface area contributed by atoms with Crippen molar-refractivity contribution in [2.45, 2.75) is 19.1 Å². The molecule has 0 aromatic rings. The van der Waals surface area contributed by atoms with E-state index < -0.39 is 0 Å². The molecule has 2 unspecified atom stereocenters. The summed E-state index contributed by atoms with van der Waals surface area (Å²) in [6, 6.07) is 0.0231. The molecule has 2 N–H and O–H groups in total. The predicted molar refractivity (Wildman–Crippen MR) is 41.7 cm³/mol. The lowest BCUT2D eigenvalue weighted by Gasteiger charge is -2.19. The average molecular weight is 139 g/mol. The maximum absolute atomic E-state index is 5.73. The summed E-state index contributed by atoms with van der Waals surface area (Å²) in [6.45, 7) is 2.03. The zero-order valence-corrected chi connectivity index (χ0v) is 6.37. The first kappa shape index (κ1) is 7.51. The number of hydrogen-bond donors (Lipinski definition) is 1. The summed E-state index contributed by atoms with van der Waals surface area (Å²) in [6.07, 6.45) is 6.08. The molecule has 10 heavy (non-hydrogen) atoms. The molecular formula is C8H13NO. The lowest BCUT2D eigenvalue weighted by atomic mass is 10.0. The van der Waals surface area contributed by atoms with Crippen LogP contribution in [0.2, 0.25) is 0 Å². The first-order valence-corrected chi connectivity index (χ1v) is 3.39. The van der Waals surface area contributed by atoms with Crippen molar-refractivity contribution in [3.8, 4) is 0 Å². The molecule has 56 valence electrons. The van der Waals surface area contributed by atoms with Crippen LogP contribution in [0.5, 0.6) is 0 Å². The molecule has 0 aromatic carbocycles. The Morgan fingerprint density at radius 1 is 1.60 bits per heavy atom. The molecule has 0 aromatic heterocycles. The second-order valence-electron chi connectivity index (χ2n) is 2.55. The number of nitrogens with two attached hydrogens (primary N) is 1. The molecule has 0 saturated heterocycles. The zero-order chi connectivity index (χ0) is 7.56. The zero-order valence-electron chi connectivity index (χ0n) is 6.37. The second-order valence-corrected chi connectivity index (χ2v) is 2.55. The molecule has 0 radical (unpaired) electrons. The molecule has 0 heterocycles. The van der Waals surface area contributed by atoms with E-state index in [4.69, 9.17) is 10.5 Å². The highest BCUT2D eigenvalue weighted by molar-refractivity contribution is 5.26. The smallest absolute Gasteiger partial charge is 0.0942 e. The van der Waals surface area contributed by atoms with Crippen LogP contribution < -0.4 is 5.73 Å². The van der Waals surface area contributed by atoms with Crippen molar-refractivity contribution < 1.29 is 4.74 Å². The van der Waals surface area contributed by atoms with Gasteiger partial charge in [0, 0.05) is 7.11 Å². The summed E-state index contributed by atoms with van der Waals surface area (Å²) in [5.41, 5.74) is 6.94. The summed E-state index contributed by atoms with van der Waals surface area (Å²) in [5.74, 6) is 0. The van der Waals surface area contributed by atoms with Gasteiger partial charge in [-0.05, 0) is 6.92 Å². The van der Waals surface area contributed by atoms with E-state index in [0.29, 0.717) is 0 Å². The van der Waals surface area contributed by atoms with Crippen molar-refractivity contribution in [3.63, 3.8) is 0 Å². The Labute approximate surface area is 61.4 Å². The number of rotatable bonds is 1. The summed E-state index contributed by atoms with van der Waals surface area (Å²) in [4.78, 5) is 0. The van der Waals surface area contributed by atoms with Crippen molar-refractivity contribution in [3.05, 3.63) is 23.8 Å². The lowest BCUT2D eigenvalue weighted by molar-refractivity contribution is 0.129. The minimum Gasteiger partial charge on any atom is -0.375 e. The molecule has 2 heteroatoms. The van der Waals surface area contributed by atoms with Crippen LogP contribution in [0.3, 0.4) is 0 Å². The van der Waals surface area contributed by atoms with Gasteiger partial charge in [-0.2, -0.15) is 0 Å². The highest BCUT2D eigenvalue weighted by atomic mass is 16.5. The molecule has 0 fully saturated rings. The van der Waals surface area contributed by atoms with Gasteiger partial charge in [0.25, 0.3) is 0 Å². The third-order valence-corrected chi connectivity index (χ3v) is 1.66. The normalized spacial score (nSPS) is 32.1. The number of ether oxygens (including phenoxy) is 1. The third-order valence-electron chi connectivity index (χ3n) is 1.66. The van der Waals surface area contributed by atoms with Crippen LogP contribution in [-0.4, -0.2) is 19.3 Å². The first-order chi connectivity index (χ1) is 4.74. The molecule has 0 bridgehead atoms. The van der Waals surface area contributed by atoms with E-state index >= 15 is 0 Å². The fraction of sp³-hybridized carbons (Fsp3) is 0.500. The van der Waals surface area contributed by atoms with Gasteiger partial charge in [-0.15, -0.1) is 0 Å². The van der Waals surface area contributed by atoms with E-state index in [1.54, 1.807) is 7.11 Å². The number of allylic oxidation sites excluding steroid dienone is 2. The van der Waals surface area contributed by atoms with Crippen molar-refractivity contribution in [2.24, 2.45) is 5.73 Å². The SMILES string of the molecule is COC1C=CC(C)=CC1N. The van der Waals surface area contributed by atoms with Gasteiger partial charge in [0.15, 0.2) is 0 Å². The predicted octanol–water partition coefficient (Wildman–Crippen LogP) is 0.845. The Kier molecular flexibility index (Phi) is 2.25. The summed E-state index contributed by atoms with van der Waals surface area (Å²) in [7, 11) is 1.67. The minimum atomic E-state index is 0.0231. The second kappa shape index (κ2) is 2.99. The molecule has 2 nitrogen and oxygen atoms in total. The monoisotopic (exact) mass is 139 g/mol. The van der Waals surface area contributed by atoms with Crippen LogP contribution in [0.15, 0.2) is 23.8 Å². The fourth-order valence-electron chi connectivity index (χ4n) is 1.06. The minimum absolute atomic E-state index is 0.0231. The molecule has 0 aliphatic heterocycles. The van der Waals surface area contributed by atoms with Gasteiger partial charge in [0.05, 0.1) is 12.1 Å². The maximum Gasteiger partial charge on any atom is 0.0942 e. The van der Waals surface area contributed by atoms with Crippen molar-refractivity contribution in [1.29, 1.82) is 0 Å². The van der Waals surface area contributed by atoms with E-state index in [1.807, 2.05) is 25.2 Å². The lowest BCUT2D eigenvalue weighted by Crippen LogP contribution is -2.34. The molecular weight excluding hydrogens is 126 g/mol. The van der Waals surface area contributed by atoms with Crippen LogP contribution in [0.4, 0.5) is 0 Å². The van der Waals surface area contributed by atoms with E-state index in [1.165, 1.54) is 5.57 Å². The Morgan fingerprint density at radius 3 is 2.80 bits per heavy atom. The first-order valence-electron chi connectivity index (χ1n) is 3.39. The van der Waals surface area contributed by atoms with Crippen LogP contribution in [-0.2, 0) is 4.74 Å². The van der Waals surface area contributed by atoms with E-state index in [0.717, 1.165) is 0 Å². The highest BCUT2D eigenvalue weighted by Crippen LogP contribution is 2.10. The van der Waals surface area contributed by atoms with Crippen molar-refractivity contribution >= 4 is 0 Å². The maximum atomic E-state index is 5.73. The van der Waals surface area contributed by atoms with Gasteiger partial charge in [-0.3, -0.25) is 0 Å². The fourth-order valence-corrected chi connectivity index (χ4v) is 1.06. The summed E-state index contributed by atoms with van der Waals surface area (Å²) in [5, 5.41) is 0. The van der Waals surface area contributed by atoms with Crippen molar-refractivity contribution in [2.75, 3.05) is 7.11 Å². The van der Waals surface area contributed by atoms with Gasteiger partial charge < -0.3 is 10.5 Å². The third kappa shape index (κ3) is 1.46. The largest absolute Gasteiger partial charge is 0.375 e. The van der Waals surface area contributed by atoms with Crippen molar-refractivity contribution in [1.82, 2.24) is 0 Å². The van der Waals surface area contributed by atoms with Crippen LogP contribution in [0.1, 0.15) is 6.92 Å². The van der Waals surface area contributed by atoms with Gasteiger partial charge in [0.1, 0.15) is 0 Å². The van der Waals surface area contributed by atoms with Crippen LogP contribution in [0.25, 0.3) is 0 Å². The average Bonchev–Trinajstić information content (AvgIpc) is 1.88. The van der Waals surface area contributed by atoms with E-state index in [9.17, 15) is 0 Å². The van der Waals surface area contributed by atoms with Crippen LogP contribution >= 0.6 is 0 Å². The molecule has 2 atom stereocenters. The molecule has 1 aliphatic carbocycles. The Bertz CT molecular complexity index is 172. The van der Waals surface area contributed by atoms with E-state index in [-0.39, 0.29) is 12.1 Å². The molecule has 0 saturated carbocycles. The number of hydrogen-bond acceptors (Lipinski definition) is 2. The van der Waals surface area contributed by atoms with Gasteiger partial charge >= 0.3 is 0 Å². The Balaban J connectivity index is 2.64. The van der Waals surface area contributed by atoms with Gasteiger partial charge in [0.2, 0.25) is 0 Å². The number of methoxy groups -OCH3 is 1. The standard InChI is InChI=1S/C8H13NO/c1-6-3-4-8(10-2)7(9)5-6/h3-5,7-8H,9H2,1-2H3. The topological polar surface area (TPSA) is 35.2 Å². The molecule has 0 amide bonds. The Hall–Kier alpha value is -0.600. The highest BCUT2D eigenvalue weighted by Gasteiger charge is 2.13. The molecule has 1 aliphatic rings. The van der Waals surface area contributed by atoms with Gasteiger partial charge in [-0.1, -0.05) is 23.8 Å². The summed E-state index contributed by atoms with van der Waals surface area (Å²) < 4.78 is 5.10. The quantitative estimate of drug-likeness (QED) is 0.584. The molecule has 0 spiro atoms. The Morgan fingerprint density at radius 2 is 2.30 bits per heavy atom. The summed E-state index contributed by atoms with van der Waals surface area (Å²) >= 11 is 0. The van der Waals surface area contributed by atoms with Gasteiger partial charge in [-0.25, -0.2) is 0 Å². The van der Waals surface area contributed by atoms with Crippen LogP contribution in [0, 0.1) is 0 Å². The molecule has 1 rings (SSSR count).